The van der Waals surface area contributed by atoms with Crippen molar-refractivity contribution >= 4 is 22.8 Å². The van der Waals surface area contributed by atoms with Crippen LogP contribution in [0.4, 0.5) is 23.8 Å². The normalized spacial score (nSPS) is 15.8. The number of hydrogen-bond donors (Lipinski definition) is 2. The van der Waals surface area contributed by atoms with Crippen molar-refractivity contribution in [1.82, 2.24) is 29.6 Å². The SMILES string of the molecule is Cc1c(Oc2ncnc3c2CC(C)NC3)ccc2c1ccn2C(=O)Nc1cc(C(F)(F)F)n(C)n1. The Labute approximate surface area is 197 Å². The Morgan fingerprint density at radius 3 is 2.80 bits per heavy atom. The molecule has 0 saturated heterocycles. The van der Waals surface area contributed by atoms with Crippen molar-refractivity contribution in [2.75, 3.05) is 5.32 Å². The maximum atomic E-state index is 13.0. The number of anilines is 1. The first-order valence-corrected chi connectivity index (χ1v) is 10.9. The molecule has 4 heterocycles. The van der Waals surface area contributed by atoms with Gasteiger partial charge < -0.3 is 10.1 Å². The number of amides is 1. The van der Waals surface area contributed by atoms with Crippen molar-refractivity contribution in [2.24, 2.45) is 7.05 Å². The maximum absolute atomic E-state index is 13.0. The summed E-state index contributed by atoms with van der Waals surface area (Å²) in [6, 6.07) is 5.64. The highest BCUT2D eigenvalue weighted by Gasteiger charge is 2.35. The van der Waals surface area contributed by atoms with E-state index >= 15 is 0 Å². The van der Waals surface area contributed by atoms with Crippen LogP contribution in [0.3, 0.4) is 0 Å². The maximum Gasteiger partial charge on any atom is 0.433 e. The molecule has 182 valence electrons. The number of benzene rings is 1. The van der Waals surface area contributed by atoms with Gasteiger partial charge in [-0.3, -0.25) is 14.6 Å². The first-order chi connectivity index (χ1) is 16.6. The highest BCUT2D eigenvalue weighted by molar-refractivity contribution is 5.99. The van der Waals surface area contributed by atoms with Crippen LogP contribution in [-0.4, -0.2) is 36.4 Å². The number of nitrogens with one attached hydrogen (secondary N) is 2. The fourth-order valence-electron chi connectivity index (χ4n) is 4.22. The number of halogens is 3. The lowest BCUT2D eigenvalue weighted by Gasteiger charge is -2.23. The average Bonchev–Trinajstić information content (AvgIpc) is 3.39. The molecule has 0 saturated carbocycles. The van der Waals surface area contributed by atoms with Gasteiger partial charge in [-0.2, -0.15) is 18.3 Å². The van der Waals surface area contributed by atoms with E-state index in [-0.39, 0.29) is 11.9 Å². The van der Waals surface area contributed by atoms with Gasteiger partial charge in [0.2, 0.25) is 5.88 Å². The zero-order chi connectivity index (χ0) is 24.9. The number of nitrogens with zero attached hydrogens (tertiary/aromatic N) is 5. The van der Waals surface area contributed by atoms with E-state index in [1.807, 2.05) is 6.92 Å². The molecule has 1 unspecified atom stereocenters. The number of hydrogen-bond acceptors (Lipinski definition) is 6. The lowest BCUT2D eigenvalue weighted by molar-refractivity contribution is -0.143. The standard InChI is InChI=1S/C23H22F3N7O2/c1-12-8-15-16(10-27-12)28-11-29-21(15)35-18-5-4-17-14(13(18)2)6-7-33(17)22(34)30-20-9-19(23(24,25)26)32(3)31-20/h4-7,9,11-12,27H,8,10H2,1-3H3,(H,30,31,34). The molecule has 1 amide bonds. The number of alkyl halides is 3. The third-order valence-electron chi connectivity index (χ3n) is 6.05. The number of fused-ring (bicyclic) bond motifs is 2. The minimum absolute atomic E-state index is 0.194. The zero-order valence-electron chi connectivity index (χ0n) is 19.1. The minimum atomic E-state index is -4.57. The molecule has 3 aromatic heterocycles. The van der Waals surface area contributed by atoms with Crippen LogP contribution < -0.4 is 15.4 Å². The summed E-state index contributed by atoms with van der Waals surface area (Å²) in [5, 5.41) is 10.3. The Balaban J connectivity index is 1.41. The largest absolute Gasteiger partial charge is 0.438 e. The molecule has 0 aliphatic carbocycles. The smallest absolute Gasteiger partial charge is 0.433 e. The summed E-state index contributed by atoms with van der Waals surface area (Å²) in [6.45, 7) is 4.60. The molecule has 1 aliphatic heterocycles. The Hall–Kier alpha value is -3.93. The minimum Gasteiger partial charge on any atom is -0.438 e. The summed E-state index contributed by atoms with van der Waals surface area (Å²) in [5.41, 5.74) is 2.27. The Morgan fingerprint density at radius 2 is 2.06 bits per heavy atom. The Bertz CT molecular complexity index is 1440. The number of ether oxygens (including phenoxy) is 1. The van der Waals surface area contributed by atoms with E-state index in [9.17, 15) is 18.0 Å². The zero-order valence-corrected chi connectivity index (χ0v) is 19.1. The van der Waals surface area contributed by atoms with Crippen LogP contribution in [0.1, 0.15) is 29.4 Å². The number of aryl methyl sites for hydroxylation is 2. The van der Waals surface area contributed by atoms with E-state index in [0.717, 1.165) is 34.7 Å². The molecule has 0 spiro atoms. The molecule has 35 heavy (non-hydrogen) atoms. The van der Waals surface area contributed by atoms with E-state index in [0.29, 0.717) is 28.4 Å². The molecule has 0 fully saturated rings. The summed E-state index contributed by atoms with van der Waals surface area (Å²) >= 11 is 0. The van der Waals surface area contributed by atoms with Gasteiger partial charge in [-0.1, -0.05) is 0 Å². The summed E-state index contributed by atoms with van der Waals surface area (Å²) in [7, 11) is 1.17. The van der Waals surface area contributed by atoms with Crippen molar-refractivity contribution in [2.45, 2.75) is 39.0 Å². The molecule has 0 bridgehead atoms. The fraction of sp³-hybridized carbons (Fsp3) is 0.304. The van der Waals surface area contributed by atoms with Gasteiger partial charge in [0.05, 0.1) is 11.2 Å². The van der Waals surface area contributed by atoms with Gasteiger partial charge in [-0.25, -0.2) is 14.8 Å². The first-order valence-electron chi connectivity index (χ1n) is 10.9. The average molecular weight is 485 g/mol. The van der Waals surface area contributed by atoms with Gasteiger partial charge in [0.1, 0.15) is 17.8 Å². The summed E-state index contributed by atoms with van der Waals surface area (Å²) in [5.74, 6) is 0.890. The third kappa shape index (κ3) is 4.20. The Morgan fingerprint density at radius 1 is 1.26 bits per heavy atom. The highest BCUT2D eigenvalue weighted by Crippen LogP contribution is 2.34. The quantitative estimate of drug-likeness (QED) is 0.446. The molecule has 1 atom stereocenters. The van der Waals surface area contributed by atoms with Crippen molar-refractivity contribution in [3.63, 3.8) is 0 Å². The van der Waals surface area contributed by atoms with E-state index in [2.05, 4.69) is 32.6 Å². The molecule has 2 N–H and O–H groups in total. The second kappa shape index (κ2) is 8.38. The van der Waals surface area contributed by atoms with Crippen LogP contribution in [0.15, 0.2) is 36.8 Å². The van der Waals surface area contributed by atoms with Crippen molar-refractivity contribution in [3.8, 4) is 11.6 Å². The predicted octanol–water partition coefficient (Wildman–Crippen LogP) is 4.40. The van der Waals surface area contributed by atoms with Gasteiger partial charge >= 0.3 is 12.2 Å². The second-order valence-corrected chi connectivity index (χ2v) is 8.47. The lowest BCUT2D eigenvalue weighted by Crippen LogP contribution is -2.33. The molecule has 9 nitrogen and oxygen atoms in total. The van der Waals surface area contributed by atoms with Gasteiger partial charge in [-0.15, -0.1) is 0 Å². The first kappa shape index (κ1) is 22.8. The van der Waals surface area contributed by atoms with E-state index in [1.54, 1.807) is 24.4 Å². The number of rotatable bonds is 3. The Kier molecular flexibility index (Phi) is 5.47. The van der Waals surface area contributed by atoms with Crippen molar-refractivity contribution in [3.05, 3.63) is 59.3 Å². The van der Waals surface area contributed by atoms with Gasteiger partial charge in [0.15, 0.2) is 5.82 Å². The van der Waals surface area contributed by atoms with Crippen LogP contribution in [0.25, 0.3) is 10.9 Å². The van der Waals surface area contributed by atoms with E-state index < -0.39 is 17.9 Å². The summed E-state index contributed by atoms with van der Waals surface area (Å²) in [4.78, 5) is 21.5. The molecule has 12 heteroatoms. The second-order valence-electron chi connectivity index (χ2n) is 8.47. The van der Waals surface area contributed by atoms with Crippen LogP contribution >= 0.6 is 0 Å². The van der Waals surface area contributed by atoms with Gasteiger partial charge in [-0.05, 0) is 38.5 Å². The van der Waals surface area contributed by atoms with Crippen LogP contribution in [-0.2, 0) is 26.2 Å². The number of carbonyl (C=O) groups is 1. The third-order valence-corrected chi connectivity index (χ3v) is 6.05. The summed E-state index contributed by atoms with van der Waals surface area (Å²) < 4.78 is 47.3. The molecular weight excluding hydrogens is 463 g/mol. The molecule has 1 aromatic carbocycles. The fourth-order valence-corrected chi connectivity index (χ4v) is 4.22. The topological polar surface area (TPSA) is 98.9 Å². The van der Waals surface area contributed by atoms with Gasteiger partial charge in [0.25, 0.3) is 0 Å². The summed E-state index contributed by atoms with van der Waals surface area (Å²) in [6.07, 6.45) is -0.810. The van der Waals surface area contributed by atoms with Gasteiger partial charge in [0, 0.05) is 48.4 Å². The molecule has 1 aliphatic rings. The molecular formula is C23H22F3N7O2. The molecule has 0 radical (unpaired) electrons. The van der Waals surface area contributed by atoms with Crippen LogP contribution in [0, 0.1) is 6.92 Å². The molecule has 4 aromatic rings. The monoisotopic (exact) mass is 485 g/mol. The van der Waals surface area contributed by atoms with Crippen molar-refractivity contribution < 1.29 is 22.7 Å². The number of aromatic nitrogens is 5. The van der Waals surface area contributed by atoms with E-state index in [4.69, 9.17) is 4.74 Å². The van der Waals surface area contributed by atoms with Crippen LogP contribution in [0.2, 0.25) is 0 Å². The molecule has 5 rings (SSSR count). The number of carbonyl (C=O) groups excluding carboxylic acids is 1. The van der Waals surface area contributed by atoms with Crippen LogP contribution in [0.5, 0.6) is 11.6 Å². The van der Waals surface area contributed by atoms with Crippen molar-refractivity contribution in [1.29, 1.82) is 0 Å². The lowest BCUT2D eigenvalue weighted by atomic mass is 10.0. The highest BCUT2D eigenvalue weighted by atomic mass is 19.4. The predicted molar refractivity (Wildman–Crippen MR) is 121 cm³/mol. The van der Waals surface area contributed by atoms with E-state index in [1.165, 1.54) is 17.9 Å².